The van der Waals surface area contributed by atoms with Crippen LogP contribution in [0.4, 0.5) is 0 Å². The zero-order chi connectivity index (χ0) is 13.2. The zero-order valence-electron chi connectivity index (χ0n) is 12.0. The van der Waals surface area contributed by atoms with Gasteiger partial charge in [-0.05, 0) is 12.8 Å². The Labute approximate surface area is 112 Å². The van der Waals surface area contributed by atoms with E-state index in [0.717, 1.165) is 25.9 Å². The number of hydrogen-bond donors (Lipinski definition) is 1. The van der Waals surface area contributed by atoms with Gasteiger partial charge in [0.05, 0.1) is 0 Å². The molecule has 0 spiro atoms. The fraction of sp³-hybridized carbons (Fsp3) is 0.933. The molecule has 1 rings (SSSR count). The molecule has 0 aromatic carbocycles. The number of carbonyl (C=O) groups is 1. The Bertz CT molecular complexity index is 231. The van der Waals surface area contributed by atoms with Gasteiger partial charge in [0.25, 0.3) is 0 Å². The highest BCUT2D eigenvalue weighted by molar-refractivity contribution is 5.77. The number of nitrogens with two attached hydrogens (primary N) is 1. The maximum atomic E-state index is 11.6. The van der Waals surface area contributed by atoms with Gasteiger partial charge in [0.2, 0.25) is 5.91 Å². The van der Waals surface area contributed by atoms with Gasteiger partial charge in [0, 0.05) is 25.6 Å². The number of likely N-dealkylation sites (tertiary alicyclic amines) is 1. The summed E-state index contributed by atoms with van der Waals surface area (Å²) in [5.74, 6) is 0.305. The van der Waals surface area contributed by atoms with E-state index in [9.17, 15) is 4.79 Å². The van der Waals surface area contributed by atoms with E-state index in [-0.39, 0.29) is 6.04 Å². The van der Waals surface area contributed by atoms with Gasteiger partial charge >= 0.3 is 0 Å². The van der Waals surface area contributed by atoms with Crippen LogP contribution in [0.25, 0.3) is 0 Å². The minimum atomic E-state index is 0.205. The van der Waals surface area contributed by atoms with Crippen LogP contribution in [0, 0.1) is 0 Å². The second-order valence-corrected chi connectivity index (χ2v) is 5.61. The topological polar surface area (TPSA) is 46.3 Å². The first-order valence-electron chi connectivity index (χ1n) is 7.77. The molecule has 106 valence electrons. The summed E-state index contributed by atoms with van der Waals surface area (Å²) in [6.07, 6.45) is 12.0. The third-order valence-electron chi connectivity index (χ3n) is 3.82. The van der Waals surface area contributed by atoms with E-state index in [0.29, 0.717) is 12.3 Å². The normalized spacial score (nSPS) is 20.4. The number of carbonyl (C=O) groups excluding carboxylic acids is 1. The first-order valence-corrected chi connectivity index (χ1v) is 7.77. The molecule has 3 nitrogen and oxygen atoms in total. The van der Waals surface area contributed by atoms with Crippen molar-refractivity contribution < 1.29 is 4.79 Å². The summed E-state index contributed by atoms with van der Waals surface area (Å²) in [6, 6.07) is 0.205. The maximum absolute atomic E-state index is 11.6. The fourth-order valence-corrected chi connectivity index (χ4v) is 2.60. The minimum Gasteiger partial charge on any atom is -0.341 e. The van der Waals surface area contributed by atoms with Gasteiger partial charge in [-0.15, -0.1) is 0 Å². The predicted octanol–water partition coefficient (Wildman–Crippen LogP) is 3.08. The van der Waals surface area contributed by atoms with Crippen molar-refractivity contribution in [2.45, 2.75) is 77.2 Å². The van der Waals surface area contributed by atoms with Crippen LogP contribution in [0.15, 0.2) is 0 Å². The monoisotopic (exact) mass is 254 g/mol. The molecule has 18 heavy (non-hydrogen) atoms. The lowest BCUT2D eigenvalue weighted by atomic mass is 10.0. The molecular formula is C15H30N2O. The van der Waals surface area contributed by atoms with Gasteiger partial charge in [-0.1, -0.05) is 51.9 Å². The van der Waals surface area contributed by atoms with Gasteiger partial charge in [-0.25, -0.2) is 0 Å². The third-order valence-corrected chi connectivity index (χ3v) is 3.82. The molecule has 0 aromatic heterocycles. The summed E-state index contributed by atoms with van der Waals surface area (Å²) in [6.45, 7) is 3.94. The van der Waals surface area contributed by atoms with Gasteiger partial charge in [-0.3, -0.25) is 4.79 Å². The van der Waals surface area contributed by atoms with Crippen LogP contribution in [-0.4, -0.2) is 29.9 Å². The van der Waals surface area contributed by atoms with Crippen LogP contribution in [-0.2, 0) is 4.79 Å². The van der Waals surface area contributed by atoms with E-state index in [4.69, 9.17) is 5.73 Å². The molecule has 0 aliphatic carbocycles. The Kier molecular flexibility index (Phi) is 8.06. The largest absolute Gasteiger partial charge is 0.341 e. The first-order chi connectivity index (χ1) is 8.74. The van der Waals surface area contributed by atoms with Crippen LogP contribution in [0.3, 0.4) is 0 Å². The standard InChI is InChI=1S/C15H30N2O/c1-2-3-4-5-6-7-8-9-12-17-13-14(16)10-11-15(17)18/h14H,2-13,16H2,1H3. The van der Waals surface area contributed by atoms with Crippen LogP contribution < -0.4 is 5.73 Å². The predicted molar refractivity (Wildman–Crippen MR) is 76.4 cm³/mol. The molecular weight excluding hydrogens is 224 g/mol. The Morgan fingerprint density at radius 2 is 1.72 bits per heavy atom. The molecule has 1 aliphatic rings. The highest BCUT2D eigenvalue weighted by Gasteiger charge is 2.22. The number of amides is 1. The average Bonchev–Trinajstić information content (AvgIpc) is 2.36. The van der Waals surface area contributed by atoms with E-state index >= 15 is 0 Å². The lowest BCUT2D eigenvalue weighted by Crippen LogP contribution is -2.46. The number of unbranched alkanes of at least 4 members (excludes halogenated alkanes) is 7. The molecule has 0 bridgehead atoms. The van der Waals surface area contributed by atoms with Crippen molar-refractivity contribution in [3.8, 4) is 0 Å². The zero-order valence-corrected chi connectivity index (χ0v) is 12.0. The Hall–Kier alpha value is -0.570. The summed E-state index contributed by atoms with van der Waals surface area (Å²) >= 11 is 0. The van der Waals surface area contributed by atoms with Crippen LogP contribution in [0.2, 0.25) is 0 Å². The quantitative estimate of drug-likeness (QED) is 0.643. The highest BCUT2D eigenvalue weighted by Crippen LogP contribution is 2.13. The molecule has 3 heteroatoms. The van der Waals surface area contributed by atoms with Gasteiger partial charge in [0.1, 0.15) is 0 Å². The molecule has 0 radical (unpaired) electrons. The van der Waals surface area contributed by atoms with Crippen molar-refractivity contribution in [2.75, 3.05) is 13.1 Å². The van der Waals surface area contributed by atoms with E-state index in [1.165, 1.54) is 44.9 Å². The average molecular weight is 254 g/mol. The minimum absolute atomic E-state index is 0.205. The first kappa shape index (κ1) is 15.5. The van der Waals surface area contributed by atoms with Crippen LogP contribution >= 0.6 is 0 Å². The Morgan fingerprint density at radius 3 is 2.39 bits per heavy atom. The SMILES string of the molecule is CCCCCCCCCCN1CC(N)CCC1=O. The van der Waals surface area contributed by atoms with Crippen molar-refractivity contribution in [1.82, 2.24) is 4.90 Å². The van der Waals surface area contributed by atoms with E-state index < -0.39 is 0 Å². The van der Waals surface area contributed by atoms with Gasteiger partial charge in [0.15, 0.2) is 0 Å². The van der Waals surface area contributed by atoms with E-state index in [2.05, 4.69) is 6.92 Å². The summed E-state index contributed by atoms with van der Waals surface area (Å²) in [7, 11) is 0. The number of hydrogen-bond acceptors (Lipinski definition) is 2. The number of nitrogens with zero attached hydrogens (tertiary/aromatic N) is 1. The molecule has 1 unspecified atom stereocenters. The van der Waals surface area contributed by atoms with Crippen molar-refractivity contribution in [1.29, 1.82) is 0 Å². The lowest BCUT2D eigenvalue weighted by molar-refractivity contribution is -0.133. The van der Waals surface area contributed by atoms with Crippen molar-refractivity contribution in [3.63, 3.8) is 0 Å². The molecule has 0 aromatic rings. The van der Waals surface area contributed by atoms with Crippen LogP contribution in [0.5, 0.6) is 0 Å². The molecule has 1 atom stereocenters. The number of piperidine rings is 1. The molecule has 1 heterocycles. The van der Waals surface area contributed by atoms with Crippen molar-refractivity contribution in [3.05, 3.63) is 0 Å². The van der Waals surface area contributed by atoms with E-state index in [1.54, 1.807) is 0 Å². The molecule has 2 N–H and O–H groups in total. The van der Waals surface area contributed by atoms with Crippen molar-refractivity contribution in [2.24, 2.45) is 5.73 Å². The summed E-state index contributed by atoms with van der Waals surface area (Å²) in [4.78, 5) is 13.6. The summed E-state index contributed by atoms with van der Waals surface area (Å²) < 4.78 is 0. The van der Waals surface area contributed by atoms with Gasteiger partial charge < -0.3 is 10.6 Å². The van der Waals surface area contributed by atoms with Gasteiger partial charge in [-0.2, -0.15) is 0 Å². The lowest BCUT2D eigenvalue weighted by Gasteiger charge is -2.30. The van der Waals surface area contributed by atoms with E-state index in [1.807, 2.05) is 4.90 Å². The third kappa shape index (κ3) is 6.39. The number of rotatable bonds is 9. The summed E-state index contributed by atoms with van der Waals surface area (Å²) in [5, 5.41) is 0. The second-order valence-electron chi connectivity index (χ2n) is 5.61. The smallest absolute Gasteiger partial charge is 0.222 e. The molecule has 1 amide bonds. The molecule has 0 saturated carbocycles. The summed E-state index contributed by atoms with van der Waals surface area (Å²) in [5.41, 5.74) is 5.89. The Morgan fingerprint density at radius 1 is 1.11 bits per heavy atom. The fourth-order valence-electron chi connectivity index (χ4n) is 2.60. The molecule has 1 saturated heterocycles. The maximum Gasteiger partial charge on any atom is 0.222 e. The molecule has 1 fully saturated rings. The highest BCUT2D eigenvalue weighted by atomic mass is 16.2. The van der Waals surface area contributed by atoms with Crippen LogP contribution in [0.1, 0.15) is 71.1 Å². The Balaban J connectivity index is 1.95. The van der Waals surface area contributed by atoms with Crippen molar-refractivity contribution >= 4 is 5.91 Å². The second kappa shape index (κ2) is 9.37. The molecule has 1 aliphatic heterocycles.